The lowest BCUT2D eigenvalue weighted by molar-refractivity contribution is -0.122. The van der Waals surface area contributed by atoms with E-state index in [4.69, 9.17) is 5.73 Å². The molecule has 0 atom stereocenters. The highest BCUT2D eigenvalue weighted by atomic mass is 32.1. The Morgan fingerprint density at radius 3 is 3.05 bits per heavy atom. The van der Waals surface area contributed by atoms with Crippen LogP contribution in [0.3, 0.4) is 0 Å². The number of hydrogen-bond donors (Lipinski definition) is 3. The Bertz CT molecular complexity index is 606. The van der Waals surface area contributed by atoms with Crippen molar-refractivity contribution in [2.45, 2.75) is 12.8 Å². The van der Waals surface area contributed by atoms with Crippen molar-refractivity contribution in [1.82, 2.24) is 10.3 Å². The van der Waals surface area contributed by atoms with E-state index in [9.17, 15) is 4.79 Å². The minimum Gasteiger partial charge on any atom is -0.395 e. The second-order valence-corrected chi connectivity index (χ2v) is 5.60. The Hall–Kier alpha value is -1.82. The number of benzene rings is 1. The van der Waals surface area contributed by atoms with Gasteiger partial charge in [-0.25, -0.2) is 4.98 Å². The number of aromatic nitrogens is 1. The standard InChI is InChI=1S/C13H16N4OS/c14-11-9(3-4-10-12(11)17-7-19-10)15-5-6-16-13(18)8-1-2-8/h3-4,7-8,15H,1-2,5-6,14H2,(H,16,18). The molecule has 0 unspecified atom stereocenters. The van der Waals surface area contributed by atoms with E-state index in [0.29, 0.717) is 18.8 Å². The molecule has 1 fully saturated rings. The summed E-state index contributed by atoms with van der Waals surface area (Å²) < 4.78 is 1.09. The number of fused-ring (bicyclic) bond motifs is 1. The third-order valence-corrected chi connectivity index (χ3v) is 4.02. The Balaban J connectivity index is 1.55. The summed E-state index contributed by atoms with van der Waals surface area (Å²) >= 11 is 1.58. The zero-order valence-electron chi connectivity index (χ0n) is 10.5. The molecule has 1 amide bonds. The fourth-order valence-electron chi connectivity index (χ4n) is 1.98. The normalized spacial score (nSPS) is 14.5. The predicted molar refractivity (Wildman–Crippen MR) is 78.3 cm³/mol. The molecule has 1 aliphatic rings. The van der Waals surface area contributed by atoms with Gasteiger partial charge in [0.2, 0.25) is 5.91 Å². The van der Waals surface area contributed by atoms with Gasteiger partial charge in [-0.05, 0) is 25.0 Å². The third kappa shape index (κ3) is 2.63. The van der Waals surface area contributed by atoms with Crippen molar-refractivity contribution in [2.75, 3.05) is 24.1 Å². The van der Waals surface area contributed by atoms with Gasteiger partial charge in [-0.1, -0.05) is 0 Å². The van der Waals surface area contributed by atoms with E-state index in [-0.39, 0.29) is 11.8 Å². The summed E-state index contributed by atoms with van der Waals surface area (Å²) in [6, 6.07) is 3.97. The van der Waals surface area contributed by atoms with Crippen LogP contribution in [0.4, 0.5) is 11.4 Å². The Morgan fingerprint density at radius 2 is 2.26 bits per heavy atom. The van der Waals surface area contributed by atoms with Crippen LogP contribution >= 0.6 is 11.3 Å². The monoisotopic (exact) mass is 276 g/mol. The summed E-state index contributed by atoms with van der Waals surface area (Å²) in [4.78, 5) is 15.7. The number of nitrogen functional groups attached to an aromatic ring is 1. The van der Waals surface area contributed by atoms with E-state index in [1.165, 1.54) is 0 Å². The number of thiazole rings is 1. The van der Waals surface area contributed by atoms with Crippen LogP contribution in [-0.2, 0) is 4.79 Å². The highest BCUT2D eigenvalue weighted by Gasteiger charge is 2.28. The summed E-state index contributed by atoms with van der Waals surface area (Å²) in [7, 11) is 0. The maximum absolute atomic E-state index is 11.5. The Morgan fingerprint density at radius 1 is 1.42 bits per heavy atom. The van der Waals surface area contributed by atoms with Gasteiger partial charge in [0.1, 0.15) is 5.52 Å². The minimum absolute atomic E-state index is 0.171. The van der Waals surface area contributed by atoms with Crippen LogP contribution in [0.25, 0.3) is 10.2 Å². The Labute approximate surface area is 115 Å². The van der Waals surface area contributed by atoms with Crippen molar-refractivity contribution in [3.8, 4) is 0 Å². The predicted octanol–water partition coefficient (Wildman–Crippen LogP) is 1.82. The van der Waals surface area contributed by atoms with E-state index >= 15 is 0 Å². The van der Waals surface area contributed by atoms with Crippen molar-refractivity contribution >= 4 is 38.8 Å². The number of amides is 1. The minimum atomic E-state index is 0.171. The molecule has 1 aromatic carbocycles. The smallest absolute Gasteiger partial charge is 0.223 e. The number of nitrogens with one attached hydrogen (secondary N) is 2. The summed E-state index contributed by atoms with van der Waals surface area (Å²) in [5.41, 5.74) is 10.2. The number of nitrogens with zero attached hydrogens (tertiary/aromatic N) is 1. The van der Waals surface area contributed by atoms with Gasteiger partial charge in [0.15, 0.2) is 0 Å². The second-order valence-electron chi connectivity index (χ2n) is 4.72. The van der Waals surface area contributed by atoms with Crippen molar-refractivity contribution in [2.24, 2.45) is 5.92 Å². The maximum atomic E-state index is 11.5. The van der Waals surface area contributed by atoms with E-state index in [1.807, 2.05) is 12.1 Å². The molecule has 1 heterocycles. The van der Waals surface area contributed by atoms with E-state index in [2.05, 4.69) is 15.6 Å². The molecule has 0 bridgehead atoms. The summed E-state index contributed by atoms with van der Waals surface area (Å²) in [5, 5.41) is 6.15. The first-order valence-corrected chi connectivity index (χ1v) is 7.27. The van der Waals surface area contributed by atoms with Crippen molar-refractivity contribution in [1.29, 1.82) is 0 Å². The lowest BCUT2D eigenvalue weighted by Gasteiger charge is -2.10. The fourth-order valence-corrected chi connectivity index (χ4v) is 2.67. The molecule has 0 saturated heterocycles. The number of rotatable bonds is 5. The molecule has 6 heteroatoms. The van der Waals surface area contributed by atoms with Crippen LogP contribution in [0.15, 0.2) is 17.6 Å². The third-order valence-electron chi connectivity index (χ3n) is 3.23. The van der Waals surface area contributed by atoms with Crippen LogP contribution in [0.2, 0.25) is 0 Å². The highest BCUT2D eigenvalue weighted by Crippen LogP contribution is 2.30. The van der Waals surface area contributed by atoms with Gasteiger partial charge in [-0.2, -0.15) is 0 Å². The van der Waals surface area contributed by atoms with Gasteiger partial charge >= 0.3 is 0 Å². The first-order valence-electron chi connectivity index (χ1n) is 6.39. The largest absolute Gasteiger partial charge is 0.395 e. The topological polar surface area (TPSA) is 80.0 Å². The molecule has 1 saturated carbocycles. The van der Waals surface area contributed by atoms with Crippen molar-refractivity contribution < 1.29 is 4.79 Å². The first kappa shape index (κ1) is 12.2. The average molecular weight is 276 g/mol. The molecule has 1 aliphatic carbocycles. The van der Waals surface area contributed by atoms with E-state index in [1.54, 1.807) is 16.8 Å². The zero-order chi connectivity index (χ0) is 13.2. The molecular weight excluding hydrogens is 260 g/mol. The lowest BCUT2D eigenvalue weighted by Crippen LogP contribution is -2.29. The number of anilines is 2. The lowest BCUT2D eigenvalue weighted by atomic mass is 10.2. The zero-order valence-corrected chi connectivity index (χ0v) is 11.3. The number of carbonyl (C=O) groups excluding carboxylic acids is 1. The van der Waals surface area contributed by atoms with Crippen LogP contribution < -0.4 is 16.4 Å². The van der Waals surface area contributed by atoms with Gasteiger partial charge in [0.25, 0.3) is 0 Å². The molecule has 2 aromatic rings. The van der Waals surface area contributed by atoms with E-state index in [0.717, 1.165) is 28.7 Å². The number of carbonyl (C=O) groups is 1. The molecule has 1 aromatic heterocycles. The summed E-state index contributed by atoms with van der Waals surface area (Å²) in [6.45, 7) is 1.28. The van der Waals surface area contributed by atoms with Crippen LogP contribution in [0.1, 0.15) is 12.8 Å². The molecule has 5 nitrogen and oxygen atoms in total. The van der Waals surface area contributed by atoms with E-state index < -0.39 is 0 Å². The summed E-state index contributed by atoms with van der Waals surface area (Å²) in [5.74, 6) is 0.432. The first-order chi connectivity index (χ1) is 9.25. The number of nitrogens with two attached hydrogens (primary N) is 1. The molecule has 4 N–H and O–H groups in total. The number of hydrogen-bond acceptors (Lipinski definition) is 5. The second kappa shape index (κ2) is 5.05. The van der Waals surface area contributed by atoms with Crippen molar-refractivity contribution in [3.05, 3.63) is 17.6 Å². The molecular formula is C13H16N4OS. The molecule has 0 aliphatic heterocycles. The molecule has 3 rings (SSSR count). The van der Waals surface area contributed by atoms with Gasteiger partial charge in [0, 0.05) is 19.0 Å². The molecule has 100 valence electrons. The Kier molecular flexibility index (Phi) is 3.25. The molecule has 0 spiro atoms. The van der Waals surface area contributed by atoms with Crippen LogP contribution in [-0.4, -0.2) is 24.0 Å². The maximum Gasteiger partial charge on any atom is 0.223 e. The SMILES string of the molecule is Nc1c(NCCNC(=O)C2CC2)ccc2scnc12. The quantitative estimate of drug-likeness (QED) is 0.575. The van der Waals surface area contributed by atoms with Crippen molar-refractivity contribution in [3.63, 3.8) is 0 Å². The van der Waals surface area contributed by atoms with Crippen LogP contribution in [0.5, 0.6) is 0 Å². The van der Waals surface area contributed by atoms with Gasteiger partial charge in [-0.15, -0.1) is 11.3 Å². The highest BCUT2D eigenvalue weighted by molar-refractivity contribution is 7.16. The van der Waals surface area contributed by atoms with Crippen LogP contribution in [0, 0.1) is 5.92 Å². The fraction of sp³-hybridized carbons (Fsp3) is 0.385. The summed E-state index contributed by atoms with van der Waals surface area (Å²) in [6.07, 6.45) is 2.07. The molecule has 0 radical (unpaired) electrons. The van der Waals surface area contributed by atoms with Gasteiger partial charge in [0.05, 0.1) is 21.6 Å². The van der Waals surface area contributed by atoms with Gasteiger partial charge < -0.3 is 16.4 Å². The average Bonchev–Trinajstić information content (AvgIpc) is 3.15. The molecule has 19 heavy (non-hydrogen) atoms. The van der Waals surface area contributed by atoms with Gasteiger partial charge in [-0.3, -0.25) is 4.79 Å².